The van der Waals surface area contributed by atoms with Crippen LogP contribution >= 0.6 is 11.7 Å². The van der Waals surface area contributed by atoms with Gasteiger partial charge in [-0.1, -0.05) is 13.0 Å². The highest BCUT2D eigenvalue weighted by atomic mass is 32.2. The van der Waals surface area contributed by atoms with Gasteiger partial charge in [0, 0.05) is 26.2 Å². The Hall–Kier alpha value is -1.62. The third-order valence-electron chi connectivity index (χ3n) is 6.23. The van der Waals surface area contributed by atoms with Crippen LogP contribution in [0.5, 0.6) is 0 Å². The average molecular weight is 452 g/mol. The topological polar surface area (TPSA) is 95.5 Å². The van der Waals surface area contributed by atoms with E-state index >= 15 is 0 Å². The van der Waals surface area contributed by atoms with Crippen LogP contribution in [-0.2, 0) is 14.8 Å². The van der Waals surface area contributed by atoms with Crippen molar-refractivity contribution in [3.63, 3.8) is 0 Å². The van der Waals surface area contributed by atoms with E-state index in [0.29, 0.717) is 37.0 Å². The number of nitrogens with one attached hydrogen (secondary N) is 1. The lowest BCUT2D eigenvalue weighted by molar-refractivity contribution is -0.126. The Morgan fingerprint density at radius 1 is 1.20 bits per heavy atom. The molecule has 3 heterocycles. The van der Waals surface area contributed by atoms with Crippen LogP contribution in [0.15, 0.2) is 23.1 Å². The Balaban J connectivity index is 1.35. The van der Waals surface area contributed by atoms with Crippen LogP contribution in [0.25, 0.3) is 11.0 Å². The number of amides is 1. The molecule has 0 bridgehead atoms. The molecule has 164 valence electrons. The summed E-state index contributed by atoms with van der Waals surface area (Å²) in [6, 6.07) is 5.02. The first kappa shape index (κ1) is 21.6. The second kappa shape index (κ2) is 9.25. The Morgan fingerprint density at radius 3 is 2.80 bits per heavy atom. The van der Waals surface area contributed by atoms with E-state index in [1.165, 1.54) is 17.1 Å². The fourth-order valence-corrected chi connectivity index (χ4v) is 6.55. The number of likely N-dealkylation sites (tertiary alicyclic amines) is 1. The van der Waals surface area contributed by atoms with Gasteiger partial charge < -0.3 is 10.2 Å². The van der Waals surface area contributed by atoms with E-state index in [9.17, 15) is 13.2 Å². The zero-order valence-electron chi connectivity index (χ0n) is 17.3. The number of aromatic nitrogens is 2. The molecule has 1 amide bonds. The minimum Gasteiger partial charge on any atom is -0.355 e. The lowest BCUT2D eigenvalue weighted by Gasteiger charge is -2.32. The smallest absolute Gasteiger partial charge is 0.245 e. The summed E-state index contributed by atoms with van der Waals surface area (Å²) in [4.78, 5) is 15.3. The van der Waals surface area contributed by atoms with Crippen molar-refractivity contribution in [1.29, 1.82) is 0 Å². The van der Waals surface area contributed by atoms with Crippen LogP contribution in [0.2, 0.25) is 0 Å². The van der Waals surface area contributed by atoms with Gasteiger partial charge in [-0.15, -0.1) is 0 Å². The van der Waals surface area contributed by atoms with E-state index in [-0.39, 0.29) is 23.3 Å². The average Bonchev–Trinajstić information content (AvgIpc) is 3.24. The number of carbonyl (C=O) groups is 1. The summed E-state index contributed by atoms with van der Waals surface area (Å²) in [5, 5.41) is 3.03. The molecule has 0 spiro atoms. The van der Waals surface area contributed by atoms with Crippen LogP contribution in [0.4, 0.5) is 0 Å². The van der Waals surface area contributed by atoms with E-state index in [1.807, 2.05) is 0 Å². The van der Waals surface area contributed by atoms with Gasteiger partial charge in [-0.3, -0.25) is 4.79 Å². The number of rotatable bonds is 6. The molecule has 0 unspecified atom stereocenters. The van der Waals surface area contributed by atoms with Crippen molar-refractivity contribution >= 4 is 38.7 Å². The van der Waals surface area contributed by atoms with Crippen molar-refractivity contribution in [1.82, 2.24) is 23.3 Å². The van der Waals surface area contributed by atoms with Crippen molar-refractivity contribution in [3.8, 4) is 0 Å². The number of piperidine rings is 2. The Bertz CT molecular complexity index is 985. The number of benzene rings is 1. The standard InChI is InChI=1S/C20H29N5O3S2/c1-15-7-11-24(12-8-15)13-9-21-20(26)16-4-3-10-25(14-16)30(27,28)18-6-2-5-17-19(18)23-29-22-17/h2,5-6,15-16H,3-4,7-14H2,1H3,(H,21,26)/t16-/m1/s1. The normalized spacial score (nSPS) is 22.4. The number of carbonyl (C=O) groups excluding carboxylic acids is 1. The first-order chi connectivity index (χ1) is 14.4. The van der Waals surface area contributed by atoms with E-state index in [2.05, 4.69) is 25.9 Å². The van der Waals surface area contributed by atoms with Crippen molar-refractivity contribution < 1.29 is 13.2 Å². The van der Waals surface area contributed by atoms with Gasteiger partial charge >= 0.3 is 0 Å². The van der Waals surface area contributed by atoms with E-state index in [4.69, 9.17) is 0 Å². The lowest BCUT2D eigenvalue weighted by Crippen LogP contribution is -2.47. The van der Waals surface area contributed by atoms with Crippen molar-refractivity contribution in [3.05, 3.63) is 18.2 Å². The summed E-state index contributed by atoms with van der Waals surface area (Å²) in [7, 11) is -3.72. The van der Waals surface area contributed by atoms with E-state index < -0.39 is 10.0 Å². The van der Waals surface area contributed by atoms with Crippen LogP contribution in [-0.4, -0.2) is 71.5 Å². The maximum atomic E-state index is 13.2. The van der Waals surface area contributed by atoms with Gasteiger partial charge in [0.25, 0.3) is 0 Å². The molecule has 0 aliphatic carbocycles. The largest absolute Gasteiger partial charge is 0.355 e. The predicted octanol–water partition coefficient (Wildman–Crippen LogP) is 1.94. The summed E-state index contributed by atoms with van der Waals surface area (Å²) in [5.74, 6) is 0.424. The third-order valence-corrected chi connectivity index (χ3v) is 8.66. The van der Waals surface area contributed by atoms with Gasteiger partial charge in [0.15, 0.2) is 0 Å². The maximum Gasteiger partial charge on any atom is 0.245 e. The highest BCUT2D eigenvalue weighted by Gasteiger charge is 2.34. The summed E-state index contributed by atoms with van der Waals surface area (Å²) in [5.41, 5.74) is 0.990. The first-order valence-corrected chi connectivity index (χ1v) is 12.8. The molecule has 1 aromatic heterocycles. The van der Waals surface area contributed by atoms with Crippen molar-refractivity contribution in [2.24, 2.45) is 11.8 Å². The molecule has 0 radical (unpaired) electrons. The first-order valence-electron chi connectivity index (χ1n) is 10.7. The molecule has 1 N–H and O–H groups in total. The molecule has 2 fully saturated rings. The number of fused-ring (bicyclic) bond motifs is 1. The Labute approximate surface area is 182 Å². The van der Waals surface area contributed by atoms with Crippen LogP contribution < -0.4 is 5.32 Å². The molecule has 1 aromatic carbocycles. The minimum atomic E-state index is -3.72. The summed E-state index contributed by atoms with van der Waals surface area (Å²) >= 11 is 1.00. The monoisotopic (exact) mass is 451 g/mol. The lowest BCUT2D eigenvalue weighted by atomic mass is 9.98. The SMILES string of the molecule is CC1CCN(CCNC(=O)[C@@H]2CCCN(S(=O)(=O)c3cccc4nsnc34)C2)CC1. The number of sulfonamides is 1. The maximum absolute atomic E-state index is 13.2. The second-order valence-electron chi connectivity index (χ2n) is 8.41. The van der Waals surface area contributed by atoms with Gasteiger partial charge in [-0.25, -0.2) is 8.42 Å². The Kier molecular flexibility index (Phi) is 6.66. The molecule has 0 saturated carbocycles. The highest BCUT2D eigenvalue weighted by Crippen LogP contribution is 2.28. The Morgan fingerprint density at radius 2 is 2.00 bits per heavy atom. The third kappa shape index (κ3) is 4.66. The van der Waals surface area contributed by atoms with E-state index in [1.54, 1.807) is 18.2 Å². The molecule has 4 rings (SSSR count). The molecular weight excluding hydrogens is 422 g/mol. The van der Waals surface area contributed by atoms with Crippen molar-refractivity contribution in [2.75, 3.05) is 39.3 Å². The molecular formula is C20H29N5O3S2. The minimum absolute atomic E-state index is 0.0474. The molecule has 2 saturated heterocycles. The number of hydrogen-bond donors (Lipinski definition) is 1. The molecule has 1 atom stereocenters. The van der Waals surface area contributed by atoms with Crippen LogP contribution in [0.1, 0.15) is 32.6 Å². The van der Waals surface area contributed by atoms with Crippen LogP contribution in [0.3, 0.4) is 0 Å². The molecule has 2 aliphatic heterocycles. The van der Waals surface area contributed by atoms with Gasteiger partial charge in [0.05, 0.1) is 17.6 Å². The molecule has 8 nitrogen and oxygen atoms in total. The fraction of sp³-hybridized carbons (Fsp3) is 0.650. The number of hydrogen-bond acceptors (Lipinski definition) is 7. The molecule has 2 aromatic rings. The van der Waals surface area contributed by atoms with Gasteiger partial charge in [0.2, 0.25) is 15.9 Å². The zero-order valence-corrected chi connectivity index (χ0v) is 18.9. The van der Waals surface area contributed by atoms with Gasteiger partial charge in [-0.05, 0) is 56.8 Å². The highest BCUT2D eigenvalue weighted by molar-refractivity contribution is 7.89. The molecule has 30 heavy (non-hydrogen) atoms. The van der Waals surface area contributed by atoms with Gasteiger partial charge in [-0.2, -0.15) is 13.1 Å². The predicted molar refractivity (Wildman–Crippen MR) is 117 cm³/mol. The second-order valence-corrected chi connectivity index (χ2v) is 10.8. The van der Waals surface area contributed by atoms with Crippen LogP contribution in [0, 0.1) is 11.8 Å². The molecule has 2 aliphatic rings. The van der Waals surface area contributed by atoms with E-state index in [0.717, 1.165) is 37.3 Å². The molecule has 10 heteroatoms. The fourth-order valence-electron chi connectivity index (χ4n) is 4.27. The summed E-state index contributed by atoms with van der Waals surface area (Å²) < 4.78 is 36.2. The van der Waals surface area contributed by atoms with Crippen molar-refractivity contribution in [2.45, 2.75) is 37.5 Å². The van der Waals surface area contributed by atoms with Gasteiger partial charge in [0.1, 0.15) is 15.9 Å². The quantitative estimate of drug-likeness (QED) is 0.721. The summed E-state index contributed by atoms with van der Waals surface area (Å²) in [6.45, 7) is 6.56. The summed E-state index contributed by atoms with van der Waals surface area (Å²) in [6.07, 6.45) is 3.81. The zero-order chi connectivity index (χ0) is 21.1. The number of nitrogens with zero attached hydrogens (tertiary/aromatic N) is 4.